The highest BCUT2D eigenvalue weighted by Crippen LogP contribution is 2.44. The minimum atomic E-state index is -0.468. The van der Waals surface area contributed by atoms with Crippen molar-refractivity contribution in [2.45, 2.75) is 38.0 Å². The molecule has 2 N–H and O–H groups in total. The molecule has 1 aromatic carbocycles. The van der Waals surface area contributed by atoms with Crippen LogP contribution in [0.5, 0.6) is 0 Å². The number of carbonyl (C=O) groups excluding carboxylic acids is 1. The molecule has 1 fully saturated rings. The summed E-state index contributed by atoms with van der Waals surface area (Å²) in [4.78, 5) is 53.8. The number of aromatic nitrogens is 4. The number of nitrogens with zero attached hydrogens (tertiary/aromatic N) is 3. The number of H-pyrrole nitrogens is 2. The summed E-state index contributed by atoms with van der Waals surface area (Å²) in [5, 5.41) is 0. The number of para-hydroxylation sites is 2. The maximum Gasteiger partial charge on any atom is 0.280 e. The van der Waals surface area contributed by atoms with E-state index in [4.69, 9.17) is 0 Å². The third-order valence-electron chi connectivity index (χ3n) is 6.30. The predicted molar refractivity (Wildman–Crippen MR) is 107 cm³/mol. The standard InChI is InChI=1S/C21H21N5O3/c1-12-22-17-13(18(27)23-12)6-7-21(17)8-10-26(11-9-21)20(29)16-19(28)25-15-5-3-2-4-14(15)24-16/h2-5H,6-11H2,1H3,(H,25,28)(H,22,23,27). The summed E-state index contributed by atoms with van der Waals surface area (Å²) in [6, 6.07) is 7.16. The number of carbonyl (C=O) groups is 1. The molecule has 29 heavy (non-hydrogen) atoms. The normalized spacial score (nSPS) is 17.6. The van der Waals surface area contributed by atoms with Gasteiger partial charge < -0.3 is 14.9 Å². The first kappa shape index (κ1) is 17.8. The van der Waals surface area contributed by atoms with E-state index in [1.807, 2.05) is 12.1 Å². The van der Waals surface area contributed by atoms with Gasteiger partial charge in [-0.15, -0.1) is 0 Å². The van der Waals surface area contributed by atoms with Crippen LogP contribution in [0.1, 0.15) is 46.8 Å². The van der Waals surface area contributed by atoms with Crippen molar-refractivity contribution < 1.29 is 4.79 Å². The van der Waals surface area contributed by atoms with Crippen LogP contribution in [0.15, 0.2) is 33.9 Å². The molecule has 2 aliphatic rings. The number of benzene rings is 1. The van der Waals surface area contributed by atoms with E-state index < -0.39 is 5.56 Å². The summed E-state index contributed by atoms with van der Waals surface area (Å²) in [7, 11) is 0. The van der Waals surface area contributed by atoms with Gasteiger partial charge in [0.15, 0.2) is 5.69 Å². The van der Waals surface area contributed by atoms with Crippen LogP contribution in [0.2, 0.25) is 0 Å². The fourth-order valence-electron chi connectivity index (χ4n) is 4.71. The van der Waals surface area contributed by atoms with Crippen LogP contribution in [0.25, 0.3) is 11.0 Å². The quantitative estimate of drug-likeness (QED) is 0.652. The lowest BCUT2D eigenvalue weighted by Gasteiger charge is -2.39. The smallest absolute Gasteiger partial charge is 0.280 e. The molecule has 8 heteroatoms. The van der Waals surface area contributed by atoms with Crippen molar-refractivity contribution >= 4 is 16.9 Å². The molecule has 0 unspecified atom stereocenters. The topological polar surface area (TPSA) is 112 Å². The van der Waals surface area contributed by atoms with E-state index in [0.717, 1.165) is 36.9 Å². The number of aromatic amines is 2. The summed E-state index contributed by atoms with van der Waals surface area (Å²) in [6.45, 7) is 2.82. The number of fused-ring (bicyclic) bond motifs is 3. The molecule has 5 rings (SSSR count). The van der Waals surface area contributed by atoms with Crippen LogP contribution < -0.4 is 11.1 Å². The Kier molecular flexibility index (Phi) is 3.90. The van der Waals surface area contributed by atoms with Gasteiger partial charge in [-0.25, -0.2) is 9.97 Å². The van der Waals surface area contributed by atoms with Gasteiger partial charge in [-0.05, 0) is 44.7 Å². The Hall–Kier alpha value is -3.29. The maximum absolute atomic E-state index is 13.0. The number of aryl methyl sites for hydroxylation is 1. The summed E-state index contributed by atoms with van der Waals surface area (Å²) < 4.78 is 0. The first-order valence-corrected chi connectivity index (χ1v) is 9.85. The molecule has 0 bridgehead atoms. The number of piperidine rings is 1. The van der Waals surface area contributed by atoms with Crippen LogP contribution in [0, 0.1) is 6.92 Å². The van der Waals surface area contributed by atoms with E-state index in [1.54, 1.807) is 24.0 Å². The lowest BCUT2D eigenvalue weighted by molar-refractivity contribution is 0.0656. The number of amides is 1. The average molecular weight is 391 g/mol. The highest BCUT2D eigenvalue weighted by Gasteiger charge is 2.44. The minimum Gasteiger partial charge on any atom is -0.337 e. The van der Waals surface area contributed by atoms with E-state index in [-0.39, 0.29) is 22.6 Å². The molecule has 1 saturated heterocycles. The van der Waals surface area contributed by atoms with E-state index >= 15 is 0 Å². The zero-order valence-electron chi connectivity index (χ0n) is 16.1. The van der Waals surface area contributed by atoms with E-state index in [9.17, 15) is 14.4 Å². The van der Waals surface area contributed by atoms with Crippen molar-refractivity contribution in [3.8, 4) is 0 Å². The van der Waals surface area contributed by atoms with Crippen molar-refractivity contribution in [2.75, 3.05) is 13.1 Å². The van der Waals surface area contributed by atoms with Gasteiger partial charge in [0.2, 0.25) is 0 Å². The second-order valence-corrected chi connectivity index (χ2v) is 7.98. The maximum atomic E-state index is 13.0. The van der Waals surface area contributed by atoms with Gasteiger partial charge in [0.25, 0.3) is 17.0 Å². The fourth-order valence-corrected chi connectivity index (χ4v) is 4.71. The summed E-state index contributed by atoms with van der Waals surface area (Å²) in [6.07, 6.45) is 3.05. The SMILES string of the molecule is Cc1nc2c(c(=O)[nH]1)CCC21CCN(C(=O)c2nc3ccccc3[nH]c2=O)CC1. The van der Waals surface area contributed by atoms with Crippen molar-refractivity contribution in [1.82, 2.24) is 24.8 Å². The van der Waals surface area contributed by atoms with Crippen LogP contribution in [0.4, 0.5) is 0 Å². The Morgan fingerprint density at radius 3 is 2.59 bits per heavy atom. The molecule has 148 valence electrons. The number of rotatable bonds is 1. The molecule has 1 spiro atoms. The summed E-state index contributed by atoms with van der Waals surface area (Å²) >= 11 is 0. The van der Waals surface area contributed by atoms with Crippen LogP contribution >= 0.6 is 0 Å². The average Bonchev–Trinajstić information content (AvgIpc) is 3.06. The number of likely N-dealkylation sites (tertiary alicyclic amines) is 1. The monoisotopic (exact) mass is 391 g/mol. The van der Waals surface area contributed by atoms with E-state index in [2.05, 4.69) is 19.9 Å². The zero-order valence-corrected chi connectivity index (χ0v) is 16.1. The minimum absolute atomic E-state index is 0.0465. The highest BCUT2D eigenvalue weighted by atomic mass is 16.2. The number of hydrogen-bond acceptors (Lipinski definition) is 5. The van der Waals surface area contributed by atoms with E-state index in [1.165, 1.54) is 0 Å². The number of nitrogens with one attached hydrogen (secondary N) is 2. The first-order valence-electron chi connectivity index (χ1n) is 9.85. The lowest BCUT2D eigenvalue weighted by atomic mass is 9.76. The Morgan fingerprint density at radius 2 is 1.79 bits per heavy atom. The van der Waals surface area contributed by atoms with Crippen molar-refractivity contribution in [3.05, 3.63) is 67.7 Å². The Morgan fingerprint density at radius 1 is 1.03 bits per heavy atom. The molecule has 8 nitrogen and oxygen atoms in total. The Balaban J connectivity index is 1.41. The third kappa shape index (κ3) is 2.78. The van der Waals surface area contributed by atoms with Gasteiger partial charge >= 0.3 is 0 Å². The van der Waals surface area contributed by atoms with Gasteiger partial charge in [0.1, 0.15) is 5.82 Å². The third-order valence-corrected chi connectivity index (χ3v) is 6.30. The van der Waals surface area contributed by atoms with Crippen molar-refractivity contribution in [2.24, 2.45) is 0 Å². The van der Waals surface area contributed by atoms with Gasteiger partial charge in [-0.1, -0.05) is 12.1 Å². The highest BCUT2D eigenvalue weighted by molar-refractivity contribution is 5.93. The first-order chi connectivity index (χ1) is 14.0. The lowest BCUT2D eigenvalue weighted by Crippen LogP contribution is -2.46. The second-order valence-electron chi connectivity index (χ2n) is 7.98. The second kappa shape index (κ2) is 6.37. The largest absolute Gasteiger partial charge is 0.337 e. The molecule has 3 aromatic rings. The molecule has 1 aliphatic heterocycles. The van der Waals surface area contributed by atoms with Crippen molar-refractivity contribution in [3.63, 3.8) is 0 Å². The molecule has 0 saturated carbocycles. The van der Waals surface area contributed by atoms with Crippen LogP contribution in [-0.4, -0.2) is 43.8 Å². The molecule has 3 heterocycles. The molecular weight excluding hydrogens is 370 g/mol. The van der Waals surface area contributed by atoms with Gasteiger partial charge in [0.05, 0.1) is 16.7 Å². The Bertz CT molecular complexity index is 1250. The Labute approximate surface area is 166 Å². The fraction of sp³-hybridized carbons (Fsp3) is 0.381. The predicted octanol–water partition coefficient (Wildman–Crippen LogP) is 1.44. The zero-order chi connectivity index (χ0) is 20.2. The molecule has 2 aromatic heterocycles. The van der Waals surface area contributed by atoms with Gasteiger partial charge in [-0.3, -0.25) is 14.4 Å². The summed E-state index contributed by atoms with van der Waals surface area (Å²) in [5.41, 5.74) is 2.13. The summed E-state index contributed by atoms with van der Waals surface area (Å²) in [5.74, 6) is 0.278. The molecule has 0 radical (unpaired) electrons. The molecule has 1 aliphatic carbocycles. The van der Waals surface area contributed by atoms with Gasteiger partial charge in [0, 0.05) is 24.1 Å². The molecular formula is C21H21N5O3. The van der Waals surface area contributed by atoms with Crippen molar-refractivity contribution in [1.29, 1.82) is 0 Å². The number of hydrogen-bond donors (Lipinski definition) is 2. The van der Waals surface area contributed by atoms with Crippen LogP contribution in [-0.2, 0) is 11.8 Å². The van der Waals surface area contributed by atoms with Crippen LogP contribution in [0.3, 0.4) is 0 Å². The molecule has 1 amide bonds. The molecule has 0 atom stereocenters. The van der Waals surface area contributed by atoms with Gasteiger partial charge in [-0.2, -0.15) is 0 Å². The van der Waals surface area contributed by atoms with E-state index in [0.29, 0.717) is 29.9 Å².